The highest BCUT2D eigenvalue weighted by Crippen LogP contribution is 2.47. The number of nitrogens with zero attached hydrogens (tertiary/aromatic N) is 2. The lowest BCUT2D eigenvalue weighted by atomic mass is 10.1. The first-order valence-corrected chi connectivity index (χ1v) is 18.3. The molecule has 4 rings (SSSR count). The molecule has 1 aliphatic rings. The predicted molar refractivity (Wildman–Crippen MR) is 159 cm³/mol. The molecule has 1 aromatic heterocycles. The van der Waals surface area contributed by atoms with Crippen molar-refractivity contribution in [3.63, 3.8) is 0 Å². The molecule has 2 aromatic carbocycles. The molecule has 1 atom stereocenters. The van der Waals surface area contributed by atoms with Crippen LogP contribution in [0.15, 0.2) is 52.3 Å². The Morgan fingerprint density at radius 1 is 1.03 bits per heavy atom. The lowest BCUT2D eigenvalue weighted by Gasteiger charge is -2.21. The minimum atomic E-state index is -1.17. The fourth-order valence-electron chi connectivity index (χ4n) is 4.42. The van der Waals surface area contributed by atoms with Gasteiger partial charge in [0.1, 0.15) is 11.9 Å². The van der Waals surface area contributed by atoms with Crippen LogP contribution in [0.4, 0.5) is 0 Å². The van der Waals surface area contributed by atoms with Gasteiger partial charge in [0.05, 0.1) is 18.0 Å². The molecular weight excluding hydrogens is 518 g/mol. The molecule has 0 fully saturated rings. The van der Waals surface area contributed by atoms with Crippen molar-refractivity contribution >= 4 is 31.4 Å². The molecular formula is C29H40ClN3O2SSi. The first-order chi connectivity index (χ1) is 17.8. The first-order valence-electron chi connectivity index (χ1n) is 13.4. The van der Waals surface area contributed by atoms with E-state index in [2.05, 4.69) is 73.7 Å². The molecule has 200 valence electrons. The SMILES string of the molecule is CCN(CC)CCCOC(COCC[Si](C)(C)C)c1nc2c([nH]1)-c1ccccc1Sc1ccc(Cl)cc1-2. The van der Waals surface area contributed by atoms with E-state index in [4.69, 9.17) is 26.1 Å². The van der Waals surface area contributed by atoms with Crippen LogP contribution < -0.4 is 0 Å². The van der Waals surface area contributed by atoms with Crippen LogP contribution in [-0.4, -0.2) is 62.4 Å². The van der Waals surface area contributed by atoms with Gasteiger partial charge < -0.3 is 19.4 Å². The molecule has 3 aromatic rings. The second kappa shape index (κ2) is 13.0. The van der Waals surface area contributed by atoms with Crippen molar-refractivity contribution in [2.24, 2.45) is 0 Å². The van der Waals surface area contributed by atoms with Crippen molar-refractivity contribution in [3.05, 3.63) is 53.3 Å². The van der Waals surface area contributed by atoms with E-state index in [-0.39, 0.29) is 6.10 Å². The molecule has 0 amide bonds. The lowest BCUT2D eigenvalue weighted by molar-refractivity contribution is -0.0217. The van der Waals surface area contributed by atoms with Crippen molar-refractivity contribution in [3.8, 4) is 22.5 Å². The summed E-state index contributed by atoms with van der Waals surface area (Å²) < 4.78 is 12.6. The van der Waals surface area contributed by atoms with E-state index in [1.807, 2.05) is 12.1 Å². The summed E-state index contributed by atoms with van der Waals surface area (Å²) in [6, 6.07) is 15.7. The maximum atomic E-state index is 6.44. The van der Waals surface area contributed by atoms with Crippen molar-refractivity contribution in [2.75, 3.05) is 39.5 Å². The van der Waals surface area contributed by atoms with E-state index >= 15 is 0 Å². The van der Waals surface area contributed by atoms with E-state index in [0.29, 0.717) is 18.2 Å². The number of imidazole rings is 1. The highest BCUT2D eigenvalue weighted by atomic mass is 35.5. The minimum absolute atomic E-state index is 0.257. The number of nitrogens with one attached hydrogen (secondary N) is 1. The summed E-state index contributed by atoms with van der Waals surface area (Å²) in [7, 11) is -1.17. The number of halogens is 1. The topological polar surface area (TPSA) is 50.4 Å². The Balaban J connectivity index is 1.62. The van der Waals surface area contributed by atoms with Gasteiger partial charge in [0, 0.05) is 53.8 Å². The van der Waals surface area contributed by atoms with Gasteiger partial charge in [-0.25, -0.2) is 4.98 Å². The molecule has 0 aliphatic carbocycles. The zero-order chi connectivity index (χ0) is 26.4. The fraction of sp³-hybridized carbons (Fsp3) is 0.483. The maximum absolute atomic E-state index is 6.44. The lowest BCUT2D eigenvalue weighted by Crippen LogP contribution is -2.25. The second-order valence-corrected chi connectivity index (χ2v) is 17.9. The third-order valence-electron chi connectivity index (χ3n) is 6.70. The fourth-order valence-corrected chi connectivity index (χ4v) is 6.41. The Bertz CT molecular complexity index is 1180. The van der Waals surface area contributed by atoms with Gasteiger partial charge >= 0.3 is 0 Å². The zero-order valence-corrected chi connectivity index (χ0v) is 25.3. The number of aromatic nitrogens is 2. The highest BCUT2D eigenvalue weighted by molar-refractivity contribution is 7.99. The zero-order valence-electron chi connectivity index (χ0n) is 22.8. The maximum Gasteiger partial charge on any atom is 0.138 e. The van der Waals surface area contributed by atoms with Crippen LogP contribution in [0, 0.1) is 0 Å². The molecule has 0 saturated carbocycles. The van der Waals surface area contributed by atoms with E-state index in [0.717, 1.165) is 71.9 Å². The largest absolute Gasteiger partial charge is 0.379 e. The van der Waals surface area contributed by atoms with E-state index in [9.17, 15) is 0 Å². The Hall–Kier alpha value is -1.61. The smallest absolute Gasteiger partial charge is 0.138 e. The molecule has 0 spiro atoms. The number of rotatable bonds is 13. The molecule has 1 unspecified atom stereocenters. The molecule has 37 heavy (non-hydrogen) atoms. The third-order valence-corrected chi connectivity index (χ3v) is 9.79. The predicted octanol–water partition coefficient (Wildman–Crippen LogP) is 8.01. The van der Waals surface area contributed by atoms with Crippen LogP contribution >= 0.6 is 23.4 Å². The normalized spacial score (nSPS) is 13.7. The Labute approximate surface area is 232 Å². The Morgan fingerprint density at radius 2 is 1.78 bits per heavy atom. The molecule has 0 radical (unpaired) electrons. The van der Waals surface area contributed by atoms with E-state index < -0.39 is 8.07 Å². The minimum Gasteiger partial charge on any atom is -0.379 e. The number of H-pyrrole nitrogens is 1. The summed E-state index contributed by atoms with van der Waals surface area (Å²) in [5.41, 5.74) is 4.13. The summed E-state index contributed by atoms with van der Waals surface area (Å²) >= 11 is 8.19. The number of benzene rings is 2. The van der Waals surface area contributed by atoms with E-state index in [1.165, 1.54) is 4.90 Å². The Kier molecular flexibility index (Phi) is 9.95. The molecule has 0 bridgehead atoms. The monoisotopic (exact) mass is 557 g/mol. The van der Waals surface area contributed by atoms with Gasteiger partial charge in [-0.1, -0.05) is 75.1 Å². The molecule has 2 heterocycles. The molecule has 1 aliphatic heterocycles. The molecule has 1 N–H and O–H groups in total. The van der Waals surface area contributed by atoms with Crippen molar-refractivity contribution in [1.82, 2.24) is 14.9 Å². The summed E-state index contributed by atoms with van der Waals surface area (Å²) in [5, 5.41) is 0.708. The summed E-state index contributed by atoms with van der Waals surface area (Å²) in [4.78, 5) is 13.5. The van der Waals surface area contributed by atoms with Crippen LogP contribution in [0.3, 0.4) is 0 Å². The third kappa shape index (κ3) is 7.49. The van der Waals surface area contributed by atoms with Crippen LogP contribution in [0.2, 0.25) is 30.7 Å². The number of fused-ring (bicyclic) bond motifs is 5. The first kappa shape index (κ1) is 28.4. The van der Waals surface area contributed by atoms with Crippen LogP contribution in [-0.2, 0) is 9.47 Å². The van der Waals surface area contributed by atoms with Gasteiger partial charge in [-0.05, 0) is 49.8 Å². The van der Waals surface area contributed by atoms with Crippen molar-refractivity contribution in [2.45, 2.75) is 61.8 Å². The number of hydrogen-bond acceptors (Lipinski definition) is 5. The Morgan fingerprint density at radius 3 is 2.54 bits per heavy atom. The summed E-state index contributed by atoms with van der Waals surface area (Å²) in [6.07, 6.45) is 0.721. The molecule has 8 heteroatoms. The standard InChI is InChI=1S/C29H40ClN3O2SSi/c1-6-33(7-2)15-10-16-35-24(20-34-17-18-37(3,4)5)29-31-27-22-11-8-9-12-25(22)36-26-14-13-21(30)19-23(26)28(27)32-29/h8-9,11-14,19,24H,6-7,10,15-18,20H2,1-5H3,(H,31,32). The van der Waals surface area contributed by atoms with Crippen LogP contribution in [0.25, 0.3) is 22.5 Å². The van der Waals surface area contributed by atoms with Gasteiger partial charge in [0.15, 0.2) is 0 Å². The molecule has 0 saturated heterocycles. The number of hydrogen-bond donors (Lipinski definition) is 1. The summed E-state index contributed by atoms with van der Waals surface area (Å²) in [6.45, 7) is 16.6. The van der Waals surface area contributed by atoms with Gasteiger partial charge in [0.25, 0.3) is 0 Å². The number of ether oxygens (including phenoxy) is 2. The van der Waals surface area contributed by atoms with E-state index in [1.54, 1.807) is 11.8 Å². The van der Waals surface area contributed by atoms with Gasteiger partial charge in [-0.3, -0.25) is 0 Å². The van der Waals surface area contributed by atoms with Crippen LogP contribution in [0.5, 0.6) is 0 Å². The van der Waals surface area contributed by atoms with Crippen molar-refractivity contribution in [1.29, 1.82) is 0 Å². The second-order valence-electron chi connectivity index (χ2n) is 10.7. The van der Waals surface area contributed by atoms with Crippen molar-refractivity contribution < 1.29 is 9.47 Å². The van der Waals surface area contributed by atoms with Crippen LogP contribution in [0.1, 0.15) is 32.2 Å². The van der Waals surface area contributed by atoms with Gasteiger partial charge in [0.2, 0.25) is 0 Å². The van der Waals surface area contributed by atoms with Gasteiger partial charge in [-0.2, -0.15) is 0 Å². The quantitative estimate of drug-likeness (QED) is 0.133. The molecule has 5 nitrogen and oxygen atoms in total. The number of aromatic amines is 1. The summed E-state index contributed by atoms with van der Waals surface area (Å²) in [5.74, 6) is 0.813. The average Bonchev–Trinajstić information content (AvgIpc) is 3.26. The van der Waals surface area contributed by atoms with Gasteiger partial charge in [-0.15, -0.1) is 0 Å². The average molecular weight is 558 g/mol. The highest BCUT2D eigenvalue weighted by Gasteiger charge is 2.27.